The maximum absolute atomic E-state index is 13.2. The Bertz CT molecular complexity index is 944. The summed E-state index contributed by atoms with van der Waals surface area (Å²) in [6.07, 6.45) is 4.70. The van der Waals surface area contributed by atoms with Crippen LogP contribution in [0.4, 0.5) is 0 Å². The molecule has 0 N–H and O–H groups in total. The number of carbonyl (C=O) groups is 2. The van der Waals surface area contributed by atoms with Crippen LogP contribution in [0.1, 0.15) is 44.1 Å². The number of hydrogen-bond acceptors (Lipinski definition) is 4. The quantitative estimate of drug-likeness (QED) is 0.719. The highest BCUT2D eigenvalue weighted by Crippen LogP contribution is 2.26. The molecule has 6 heteroatoms. The Morgan fingerprint density at radius 1 is 0.844 bits per heavy atom. The second-order valence-corrected chi connectivity index (χ2v) is 9.09. The third-order valence-corrected chi connectivity index (χ3v) is 6.94. The minimum Gasteiger partial charge on any atom is -0.497 e. The highest BCUT2D eigenvalue weighted by Gasteiger charge is 2.27. The minimum absolute atomic E-state index is 0.163. The van der Waals surface area contributed by atoms with Gasteiger partial charge in [-0.3, -0.25) is 14.5 Å². The standard InChI is InChI=1S/C26H35N3O3/c1-20(21-7-8-23-18-24(32-2)10-9-22(23)17-21)26(31)29-15-13-27(14-16-29)19-25(30)28-11-5-3-4-6-12-28/h7-10,17-18,20H,3-6,11-16,19H2,1-2H3. The number of rotatable bonds is 5. The highest BCUT2D eigenvalue weighted by molar-refractivity contribution is 5.88. The van der Waals surface area contributed by atoms with E-state index in [9.17, 15) is 9.59 Å². The molecule has 172 valence electrons. The molecule has 0 aromatic heterocycles. The van der Waals surface area contributed by atoms with Gasteiger partial charge in [0.15, 0.2) is 0 Å². The number of piperazine rings is 1. The number of carbonyl (C=O) groups excluding carboxylic acids is 2. The van der Waals surface area contributed by atoms with Crippen molar-refractivity contribution in [3.8, 4) is 5.75 Å². The van der Waals surface area contributed by atoms with E-state index in [0.717, 1.165) is 61.1 Å². The summed E-state index contributed by atoms with van der Waals surface area (Å²) in [5.41, 5.74) is 1.03. The molecule has 0 aliphatic carbocycles. The van der Waals surface area contributed by atoms with Crippen LogP contribution in [-0.2, 0) is 9.59 Å². The number of amides is 2. The maximum Gasteiger partial charge on any atom is 0.236 e. The van der Waals surface area contributed by atoms with Crippen molar-refractivity contribution < 1.29 is 14.3 Å². The number of hydrogen-bond donors (Lipinski definition) is 0. The van der Waals surface area contributed by atoms with Crippen LogP contribution in [0.2, 0.25) is 0 Å². The van der Waals surface area contributed by atoms with Crippen molar-refractivity contribution >= 4 is 22.6 Å². The van der Waals surface area contributed by atoms with E-state index in [0.29, 0.717) is 19.6 Å². The van der Waals surface area contributed by atoms with Gasteiger partial charge in [-0.1, -0.05) is 37.1 Å². The summed E-state index contributed by atoms with van der Waals surface area (Å²) in [7, 11) is 1.67. The molecule has 0 bridgehead atoms. The molecule has 1 atom stereocenters. The first kappa shape index (κ1) is 22.6. The number of fused-ring (bicyclic) bond motifs is 1. The van der Waals surface area contributed by atoms with Gasteiger partial charge in [0.05, 0.1) is 19.6 Å². The van der Waals surface area contributed by atoms with Crippen LogP contribution in [0.15, 0.2) is 36.4 Å². The van der Waals surface area contributed by atoms with Crippen molar-refractivity contribution in [2.75, 3.05) is 52.9 Å². The molecule has 4 rings (SSSR count). The van der Waals surface area contributed by atoms with Gasteiger partial charge < -0.3 is 14.5 Å². The third kappa shape index (κ3) is 5.23. The smallest absolute Gasteiger partial charge is 0.236 e. The van der Waals surface area contributed by atoms with E-state index in [-0.39, 0.29) is 17.7 Å². The molecule has 6 nitrogen and oxygen atoms in total. The first-order chi connectivity index (χ1) is 15.5. The van der Waals surface area contributed by atoms with E-state index in [2.05, 4.69) is 17.0 Å². The van der Waals surface area contributed by atoms with Crippen molar-refractivity contribution in [1.82, 2.24) is 14.7 Å². The number of benzene rings is 2. The Hall–Kier alpha value is -2.60. The van der Waals surface area contributed by atoms with E-state index >= 15 is 0 Å². The fraction of sp³-hybridized carbons (Fsp3) is 0.538. The average molecular weight is 438 g/mol. The minimum atomic E-state index is -0.188. The van der Waals surface area contributed by atoms with E-state index < -0.39 is 0 Å². The number of likely N-dealkylation sites (tertiary alicyclic amines) is 1. The first-order valence-corrected chi connectivity index (χ1v) is 11.9. The first-order valence-electron chi connectivity index (χ1n) is 11.9. The normalized spacial score (nSPS) is 18.9. The fourth-order valence-electron chi connectivity index (χ4n) is 4.79. The Kier molecular flexibility index (Phi) is 7.30. The summed E-state index contributed by atoms with van der Waals surface area (Å²) in [5, 5.41) is 2.22. The van der Waals surface area contributed by atoms with E-state index in [4.69, 9.17) is 4.74 Å². The van der Waals surface area contributed by atoms with Gasteiger partial charge in [-0.15, -0.1) is 0 Å². The van der Waals surface area contributed by atoms with Crippen LogP contribution in [-0.4, -0.2) is 79.4 Å². The molecule has 1 unspecified atom stereocenters. The zero-order valence-electron chi connectivity index (χ0n) is 19.4. The Balaban J connectivity index is 1.31. The van der Waals surface area contributed by atoms with E-state index in [1.807, 2.05) is 41.0 Å². The predicted octanol–water partition coefficient (Wildman–Crippen LogP) is 3.50. The molecule has 2 aliphatic heterocycles. The second kappa shape index (κ2) is 10.3. The molecular formula is C26H35N3O3. The van der Waals surface area contributed by atoms with Crippen molar-refractivity contribution in [1.29, 1.82) is 0 Å². The Morgan fingerprint density at radius 2 is 1.50 bits per heavy atom. The number of nitrogens with zero attached hydrogens (tertiary/aromatic N) is 3. The molecular weight excluding hydrogens is 402 g/mol. The van der Waals surface area contributed by atoms with Crippen molar-refractivity contribution in [3.63, 3.8) is 0 Å². The molecule has 2 saturated heterocycles. The molecule has 2 heterocycles. The van der Waals surface area contributed by atoms with Crippen LogP contribution in [0.5, 0.6) is 5.75 Å². The molecule has 2 aromatic carbocycles. The summed E-state index contributed by atoms with van der Waals surface area (Å²) in [6, 6.07) is 12.2. The second-order valence-electron chi connectivity index (χ2n) is 9.09. The Labute approximate surface area is 191 Å². The van der Waals surface area contributed by atoms with E-state index in [1.165, 1.54) is 12.8 Å². The lowest BCUT2D eigenvalue weighted by Crippen LogP contribution is -2.52. The summed E-state index contributed by atoms with van der Waals surface area (Å²) in [5.74, 6) is 1.05. The number of ether oxygens (including phenoxy) is 1. The maximum atomic E-state index is 13.2. The molecule has 2 aliphatic rings. The van der Waals surface area contributed by atoms with E-state index in [1.54, 1.807) is 7.11 Å². The lowest BCUT2D eigenvalue weighted by Gasteiger charge is -2.36. The zero-order valence-corrected chi connectivity index (χ0v) is 19.4. The molecule has 32 heavy (non-hydrogen) atoms. The summed E-state index contributed by atoms with van der Waals surface area (Å²) >= 11 is 0. The molecule has 2 aromatic rings. The van der Waals surface area contributed by atoms with Gasteiger partial charge in [0.1, 0.15) is 5.75 Å². The van der Waals surface area contributed by atoms with Crippen LogP contribution < -0.4 is 4.74 Å². The fourth-order valence-corrected chi connectivity index (χ4v) is 4.79. The summed E-state index contributed by atoms with van der Waals surface area (Å²) in [6.45, 7) is 7.14. The highest BCUT2D eigenvalue weighted by atomic mass is 16.5. The van der Waals surface area contributed by atoms with Crippen molar-refractivity contribution in [3.05, 3.63) is 42.0 Å². The monoisotopic (exact) mass is 437 g/mol. The van der Waals surface area contributed by atoms with Crippen molar-refractivity contribution in [2.45, 2.75) is 38.5 Å². The molecule has 0 saturated carbocycles. The van der Waals surface area contributed by atoms with Gasteiger partial charge >= 0.3 is 0 Å². The topological polar surface area (TPSA) is 53.1 Å². The summed E-state index contributed by atoms with van der Waals surface area (Å²) in [4.78, 5) is 32.0. The molecule has 2 amide bonds. The molecule has 2 fully saturated rings. The SMILES string of the molecule is COc1ccc2cc(C(C)C(=O)N3CCN(CC(=O)N4CCCCCC4)CC3)ccc2c1. The van der Waals surface area contributed by atoms with Crippen LogP contribution in [0.3, 0.4) is 0 Å². The zero-order chi connectivity index (χ0) is 22.5. The van der Waals surface area contributed by atoms with Gasteiger partial charge in [0.2, 0.25) is 11.8 Å². The van der Waals surface area contributed by atoms with Gasteiger partial charge in [0.25, 0.3) is 0 Å². The lowest BCUT2D eigenvalue weighted by atomic mass is 9.96. The summed E-state index contributed by atoms with van der Waals surface area (Å²) < 4.78 is 5.30. The molecule has 0 spiro atoms. The largest absolute Gasteiger partial charge is 0.497 e. The van der Waals surface area contributed by atoms with Crippen LogP contribution in [0.25, 0.3) is 10.8 Å². The van der Waals surface area contributed by atoms with Crippen LogP contribution >= 0.6 is 0 Å². The third-order valence-electron chi connectivity index (χ3n) is 6.94. The van der Waals surface area contributed by atoms with Gasteiger partial charge in [-0.2, -0.15) is 0 Å². The molecule has 0 radical (unpaired) electrons. The number of methoxy groups -OCH3 is 1. The lowest BCUT2D eigenvalue weighted by molar-refractivity contribution is -0.135. The Morgan fingerprint density at radius 3 is 2.19 bits per heavy atom. The van der Waals surface area contributed by atoms with Crippen LogP contribution in [0, 0.1) is 0 Å². The van der Waals surface area contributed by atoms with Gasteiger partial charge in [0, 0.05) is 39.3 Å². The predicted molar refractivity (Wildman–Crippen MR) is 127 cm³/mol. The van der Waals surface area contributed by atoms with Crippen molar-refractivity contribution in [2.24, 2.45) is 0 Å². The van der Waals surface area contributed by atoms with Gasteiger partial charge in [-0.05, 0) is 48.2 Å². The van der Waals surface area contributed by atoms with Gasteiger partial charge in [-0.25, -0.2) is 0 Å². The average Bonchev–Trinajstić information content (AvgIpc) is 3.13.